The van der Waals surface area contributed by atoms with Crippen LogP contribution in [0.1, 0.15) is 16.5 Å². The van der Waals surface area contributed by atoms with Crippen molar-refractivity contribution in [1.82, 2.24) is 0 Å². The predicted molar refractivity (Wildman–Crippen MR) is 64.8 cm³/mol. The molecule has 0 saturated carbocycles. The summed E-state index contributed by atoms with van der Waals surface area (Å²) in [7, 11) is 0. The molecule has 1 nitrogen and oxygen atoms in total. The van der Waals surface area contributed by atoms with Gasteiger partial charge >= 0.3 is 0 Å². The number of aliphatic hydroxyl groups is 1. The standard InChI is InChI=1S/C13H12OS/c1-10(12-8-5-9-15-12)13(14)11-6-3-2-4-7-11/h2-9,13-14H,1H2. The van der Waals surface area contributed by atoms with Gasteiger partial charge in [0, 0.05) is 4.88 Å². The Kier molecular flexibility index (Phi) is 2.99. The molecule has 1 unspecified atom stereocenters. The van der Waals surface area contributed by atoms with Crippen molar-refractivity contribution in [2.75, 3.05) is 0 Å². The van der Waals surface area contributed by atoms with Crippen LogP contribution in [0.2, 0.25) is 0 Å². The number of benzene rings is 1. The van der Waals surface area contributed by atoms with Gasteiger partial charge in [0.1, 0.15) is 6.10 Å². The lowest BCUT2D eigenvalue weighted by atomic mass is 10.0. The molecule has 2 heteroatoms. The van der Waals surface area contributed by atoms with Gasteiger partial charge in [0.05, 0.1) is 0 Å². The molecular formula is C13H12OS. The van der Waals surface area contributed by atoms with Crippen LogP contribution in [0.25, 0.3) is 5.57 Å². The lowest BCUT2D eigenvalue weighted by Gasteiger charge is -2.12. The van der Waals surface area contributed by atoms with E-state index in [9.17, 15) is 5.11 Å². The van der Waals surface area contributed by atoms with E-state index in [4.69, 9.17) is 0 Å². The Labute approximate surface area is 93.3 Å². The molecule has 0 fully saturated rings. The summed E-state index contributed by atoms with van der Waals surface area (Å²) >= 11 is 1.59. The van der Waals surface area contributed by atoms with E-state index in [1.54, 1.807) is 11.3 Å². The first-order chi connectivity index (χ1) is 7.29. The molecule has 2 aromatic rings. The zero-order valence-corrected chi connectivity index (χ0v) is 9.08. The van der Waals surface area contributed by atoms with Gasteiger partial charge in [-0.15, -0.1) is 11.3 Å². The molecule has 0 aliphatic heterocycles. The highest BCUT2D eigenvalue weighted by Gasteiger charge is 2.13. The first kappa shape index (κ1) is 10.1. The maximum Gasteiger partial charge on any atom is 0.105 e. The summed E-state index contributed by atoms with van der Waals surface area (Å²) in [6.45, 7) is 3.93. The van der Waals surface area contributed by atoms with E-state index in [-0.39, 0.29) is 0 Å². The minimum absolute atomic E-state index is 0.607. The normalized spacial score (nSPS) is 12.3. The van der Waals surface area contributed by atoms with Gasteiger partial charge in [0.2, 0.25) is 0 Å². The van der Waals surface area contributed by atoms with Crippen molar-refractivity contribution in [3.8, 4) is 0 Å². The molecule has 0 radical (unpaired) electrons. The van der Waals surface area contributed by atoms with E-state index in [0.29, 0.717) is 0 Å². The van der Waals surface area contributed by atoms with Gasteiger partial charge in [-0.3, -0.25) is 0 Å². The molecule has 1 aromatic heterocycles. The van der Waals surface area contributed by atoms with Crippen LogP contribution in [0.5, 0.6) is 0 Å². The minimum atomic E-state index is -0.607. The quantitative estimate of drug-likeness (QED) is 0.832. The number of aliphatic hydroxyl groups excluding tert-OH is 1. The van der Waals surface area contributed by atoms with Crippen molar-refractivity contribution in [3.63, 3.8) is 0 Å². The minimum Gasteiger partial charge on any atom is -0.384 e. The molecule has 76 valence electrons. The number of rotatable bonds is 3. The average molecular weight is 216 g/mol. The van der Waals surface area contributed by atoms with Gasteiger partial charge < -0.3 is 5.11 Å². The van der Waals surface area contributed by atoms with Crippen molar-refractivity contribution in [2.24, 2.45) is 0 Å². The summed E-state index contributed by atoms with van der Waals surface area (Å²) in [5.74, 6) is 0. The second-order valence-electron chi connectivity index (χ2n) is 3.32. The first-order valence-electron chi connectivity index (χ1n) is 4.74. The van der Waals surface area contributed by atoms with Crippen LogP contribution in [0.15, 0.2) is 54.4 Å². The molecule has 1 atom stereocenters. The molecular weight excluding hydrogens is 204 g/mol. The van der Waals surface area contributed by atoms with E-state index in [0.717, 1.165) is 16.0 Å². The van der Waals surface area contributed by atoms with Crippen LogP contribution in [-0.2, 0) is 0 Å². The van der Waals surface area contributed by atoms with Gasteiger partial charge in [-0.2, -0.15) is 0 Å². The van der Waals surface area contributed by atoms with Crippen molar-refractivity contribution in [1.29, 1.82) is 0 Å². The van der Waals surface area contributed by atoms with E-state index in [1.807, 2.05) is 47.8 Å². The largest absolute Gasteiger partial charge is 0.384 e. The second-order valence-corrected chi connectivity index (χ2v) is 4.26. The highest BCUT2D eigenvalue weighted by atomic mass is 32.1. The maximum absolute atomic E-state index is 10.1. The highest BCUT2D eigenvalue weighted by Crippen LogP contribution is 2.30. The van der Waals surface area contributed by atoms with Crippen molar-refractivity contribution in [3.05, 3.63) is 64.9 Å². The van der Waals surface area contributed by atoms with Gasteiger partial charge in [-0.05, 0) is 22.6 Å². The van der Waals surface area contributed by atoms with Crippen molar-refractivity contribution in [2.45, 2.75) is 6.10 Å². The van der Waals surface area contributed by atoms with Crippen LogP contribution in [0, 0.1) is 0 Å². The van der Waals surface area contributed by atoms with E-state index in [2.05, 4.69) is 6.58 Å². The predicted octanol–water partition coefficient (Wildman–Crippen LogP) is 3.49. The first-order valence-corrected chi connectivity index (χ1v) is 5.62. The van der Waals surface area contributed by atoms with Crippen LogP contribution in [0.3, 0.4) is 0 Å². The average Bonchev–Trinajstić information content (AvgIpc) is 2.82. The Morgan fingerprint density at radius 3 is 2.47 bits per heavy atom. The second kappa shape index (κ2) is 4.43. The fourth-order valence-corrected chi connectivity index (χ4v) is 2.16. The molecule has 1 aromatic carbocycles. The Hall–Kier alpha value is -1.38. The number of hydrogen-bond acceptors (Lipinski definition) is 2. The zero-order valence-electron chi connectivity index (χ0n) is 8.26. The molecule has 0 spiro atoms. The van der Waals surface area contributed by atoms with Gasteiger partial charge in [0.25, 0.3) is 0 Å². The smallest absolute Gasteiger partial charge is 0.105 e. The lowest BCUT2D eigenvalue weighted by Crippen LogP contribution is -1.98. The third kappa shape index (κ3) is 2.17. The summed E-state index contributed by atoms with van der Waals surface area (Å²) in [5, 5.41) is 12.1. The molecule has 0 aliphatic rings. The fourth-order valence-electron chi connectivity index (χ4n) is 1.43. The maximum atomic E-state index is 10.1. The zero-order chi connectivity index (χ0) is 10.7. The summed E-state index contributed by atoms with van der Waals surface area (Å²) < 4.78 is 0. The van der Waals surface area contributed by atoms with Gasteiger partial charge in [0.15, 0.2) is 0 Å². The lowest BCUT2D eigenvalue weighted by molar-refractivity contribution is 0.239. The Morgan fingerprint density at radius 2 is 1.87 bits per heavy atom. The van der Waals surface area contributed by atoms with Crippen molar-refractivity contribution >= 4 is 16.9 Å². The summed E-state index contributed by atoms with van der Waals surface area (Å²) in [4.78, 5) is 1.03. The fraction of sp³-hybridized carbons (Fsp3) is 0.0769. The molecule has 1 heterocycles. The Bertz CT molecular complexity index is 431. The number of thiophene rings is 1. The Morgan fingerprint density at radius 1 is 1.13 bits per heavy atom. The highest BCUT2D eigenvalue weighted by molar-refractivity contribution is 7.11. The molecule has 0 amide bonds. The molecule has 0 saturated heterocycles. The molecule has 2 rings (SSSR count). The van der Waals surface area contributed by atoms with Crippen molar-refractivity contribution < 1.29 is 5.11 Å². The van der Waals surface area contributed by atoms with Gasteiger partial charge in [-0.1, -0.05) is 43.0 Å². The van der Waals surface area contributed by atoms with Crippen LogP contribution >= 0.6 is 11.3 Å². The topological polar surface area (TPSA) is 20.2 Å². The van der Waals surface area contributed by atoms with Crippen LogP contribution < -0.4 is 0 Å². The Balaban J connectivity index is 2.23. The molecule has 0 aliphatic carbocycles. The van der Waals surface area contributed by atoms with E-state index >= 15 is 0 Å². The van der Waals surface area contributed by atoms with Gasteiger partial charge in [-0.25, -0.2) is 0 Å². The summed E-state index contributed by atoms with van der Waals surface area (Å²) in [6, 6.07) is 13.5. The summed E-state index contributed by atoms with van der Waals surface area (Å²) in [5.41, 5.74) is 1.65. The SMILES string of the molecule is C=C(c1cccs1)C(O)c1ccccc1. The molecule has 1 N–H and O–H groups in total. The third-order valence-electron chi connectivity index (χ3n) is 2.28. The van der Waals surface area contributed by atoms with Crippen LogP contribution in [-0.4, -0.2) is 5.11 Å². The third-order valence-corrected chi connectivity index (χ3v) is 3.23. The van der Waals surface area contributed by atoms with E-state index < -0.39 is 6.10 Å². The number of hydrogen-bond donors (Lipinski definition) is 1. The monoisotopic (exact) mass is 216 g/mol. The summed E-state index contributed by atoms with van der Waals surface area (Å²) in [6.07, 6.45) is -0.607. The molecule has 0 bridgehead atoms. The van der Waals surface area contributed by atoms with Crippen LogP contribution in [0.4, 0.5) is 0 Å². The van der Waals surface area contributed by atoms with E-state index in [1.165, 1.54) is 0 Å². The molecule has 15 heavy (non-hydrogen) atoms.